The SMILES string of the molecule is CC(C)=CCOc1ccc(C2C3COc4ccc(c(OCC(=O)O)c4)C(=O)C4C(c5ccc(OCC=C(C)C)cc5)C(COc5ccc(c(OCC(=O)O)c5)C(=O)C2C3(C)C)C4(C)C)cc1. The molecule has 6 unspecified atom stereocenters. The molecule has 12 heteroatoms. The lowest BCUT2D eigenvalue weighted by atomic mass is 9.45. The Bertz CT molecular complexity index is 2330. The second-order valence-electron chi connectivity index (χ2n) is 19.2. The Morgan fingerprint density at radius 3 is 1.27 bits per heavy atom. The molecule has 348 valence electrons. The molecular formula is C54H60O12. The fourth-order valence-electron chi connectivity index (χ4n) is 10.0. The predicted molar refractivity (Wildman–Crippen MR) is 249 cm³/mol. The molecule has 2 saturated carbocycles. The van der Waals surface area contributed by atoms with E-state index < -0.39 is 47.8 Å². The third-order valence-corrected chi connectivity index (χ3v) is 13.7. The molecule has 8 heterocycles. The minimum absolute atomic E-state index is 0.0983. The van der Waals surface area contributed by atoms with E-state index in [1.165, 1.54) is 0 Å². The van der Waals surface area contributed by atoms with Gasteiger partial charge in [0, 0.05) is 47.6 Å². The molecule has 2 fully saturated rings. The number of carbonyl (C=O) groups excluding carboxylic acids is 2. The van der Waals surface area contributed by atoms with E-state index in [-0.39, 0.29) is 71.1 Å². The van der Waals surface area contributed by atoms with Crippen LogP contribution in [0.15, 0.2) is 108 Å². The highest BCUT2D eigenvalue weighted by Gasteiger charge is 2.61. The van der Waals surface area contributed by atoms with Crippen molar-refractivity contribution in [2.24, 2.45) is 34.5 Å². The van der Waals surface area contributed by atoms with Crippen LogP contribution in [0.4, 0.5) is 0 Å². The van der Waals surface area contributed by atoms with E-state index in [0.717, 1.165) is 22.3 Å². The van der Waals surface area contributed by atoms with Gasteiger partial charge in [-0.25, -0.2) is 9.59 Å². The summed E-state index contributed by atoms with van der Waals surface area (Å²) in [6.45, 7) is 15.9. The maximum absolute atomic E-state index is 15.0. The van der Waals surface area contributed by atoms with Crippen LogP contribution < -0.4 is 28.4 Å². The van der Waals surface area contributed by atoms with Crippen LogP contribution in [-0.4, -0.2) is 73.4 Å². The Balaban J connectivity index is 1.31. The molecule has 12 nitrogen and oxygen atoms in total. The van der Waals surface area contributed by atoms with Gasteiger partial charge in [-0.05, 0) is 110 Å². The Hall–Kier alpha value is -6.56. The first-order valence-electron chi connectivity index (χ1n) is 22.4. The third kappa shape index (κ3) is 9.97. The summed E-state index contributed by atoms with van der Waals surface area (Å²) in [7, 11) is 0. The lowest BCUT2D eigenvalue weighted by Crippen LogP contribution is -2.57. The van der Waals surface area contributed by atoms with Gasteiger partial charge in [-0.1, -0.05) is 63.1 Å². The van der Waals surface area contributed by atoms with Crippen molar-refractivity contribution in [1.29, 1.82) is 0 Å². The number of carboxylic acids is 2. The Morgan fingerprint density at radius 2 is 0.939 bits per heavy atom. The summed E-state index contributed by atoms with van der Waals surface area (Å²) >= 11 is 0. The molecule has 0 spiro atoms. The number of Topliss-reactive ketones (excluding diaryl/α,β-unsaturated/α-hetero) is 2. The van der Waals surface area contributed by atoms with Crippen LogP contribution >= 0.6 is 0 Å². The molecule has 6 atom stereocenters. The molecule has 8 aliphatic heterocycles. The topological polar surface area (TPSA) is 164 Å². The van der Waals surface area contributed by atoms with E-state index >= 15 is 9.59 Å². The number of hydrogen-bond donors (Lipinski definition) is 2. The minimum atomic E-state index is -1.19. The van der Waals surface area contributed by atoms with E-state index in [9.17, 15) is 19.8 Å². The zero-order valence-electron chi connectivity index (χ0n) is 38.9. The number of carbonyl (C=O) groups is 4. The molecule has 10 aliphatic rings. The zero-order chi connectivity index (χ0) is 47.5. The van der Waals surface area contributed by atoms with Crippen LogP contribution in [0.5, 0.6) is 34.5 Å². The second kappa shape index (κ2) is 19.5. The fraction of sp³-hybridized carbons (Fsp3) is 0.407. The van der Waals surface area contributed by atoms with E-state index in [2.05, 4.69) is 0 Å². The molecule has 0 amide bonds. The van der Waals surface area contributed by atoms with Crippen molar-refractivity contribution in [3.05, 3.63) is 130 Å². The summed E-state index contributed by atoms with van der Waals surface area (Å²) in [5.74, 6) is -2.83. The molecule has 0 radical (unpaired) electrons. The molecule has 2 aliphatic carbocycles. The van der Waals surface area contributed by atoms with Gasteiger partial charge in [-0.3, -0.25) is 9.59 Å². The summed E-state index contributed by atoms with van der Waals surface area (Å²) in [6.07, 6.45) is 3.98. The normalized spacial score (nSPS) is 22.5. The summed E-state index contributed by atoms with van der Waals surface area (Å²) in [5.41, 5.74) is 3.23. The first-order chi connectivity index (χ1) is 31.4. The van der Waals surface area contributed by atoms with Gasteiger partial charge in [0.2, 0.25) is 0 Å². The first-order valence-corrected chi connectivity index (χ1v) is 22.4. The summed E-state index contributed by atoms with van der Waals surface area (Å²) in [6, 6.07) is 25.2. The minimum Gasteiger partial charge on any atom is -0.493 e. The highest BCUT2D eigenvalue weighted by Crippen LogP contribution is 2.63. The smallest absolute Gasteiger partial charge is 0.341 e. The van der Waals surface area contributed by atoms with Gasteiger partial charge >= 0.3 is 11.9 Å². The number of rotatable bonds is 14. The first kappa shape index (κ1) is 47.4. The van der Waals surface area contributed by atoms with Crippen LogP contribution in [0.2, 0.25) is 0 Å². The van der Waals surface area contributed by atoms with E-state index in [0.29, 0.717) is 36.2 Å². The van der Waals surface area contributed by atoms with Gasteiger partial charge in [0.1, 0.15) is 47.7 Å². The molecule has 0 aromatic heterocycles. The Kier molecular flexibility index (Phi) is 14.0. The Labute approximate surface area is 386 Å². The number of ketones is 2. The number of hydrogen-bond acceptors (Lipinski definition) is 10. The van der Waals surface area contributed by atoms with Gasteiger partial charge < -0.3 is 38.6 Å². The lowest BCUT2D eigenvalue weighted by molar-refractivity contribution is -0.140. The second-order valence-corrected chi connectivity index (χ2v) is 19.2. The molecule has 66 heavy (non-hydrogen) atoms. The van der Waals surface area contributed by atoms with Crippen molar-refractivity contribution < 1.29 is 57.8 Å². The van der Waals surface area contributed by atoms with Crippen molar-refractivity contribution in [1.82, 2.24) is 0 Å². The van der Waals surface area contributed by atoms with Crippen LogP contribution in [0, 0.1) is 34.5 Å². The van der Waals surface area contributed by atoms with Crippen LogP contribution in [0.1, 0.15) is 99.1 Å². The quantitative estimate of drug-likeness (QED) is 0.115. The van der Waals surface area contributed by atoms with Gasteiger partial charge in [0.25, 0.3) is 0 Å². The van der Waals surface area contributed by atoms with Crippen molar-refractivity contribution in [3.8, 4) is 34.5 Å². The zero-order valence-corrected chi connectivity index (χ0v) is 38.9. The predicted octanol–water partition coefficient (Wildman–Crippen LogP) is 10.3. The van der Waals surface area contributed by atoms with Crippen molar-refractivity contribution >= 4 is 23.5 Å². The van der Waals surface area contributed by atoms with Crippen molar-refractivity contribution in [2.75, 3.05) is 39.6 Å². The molecule has 8 bridgehead atoms. The van der Waals surface area contributed by atoms with Crippen LogP contribution in [0.3, 0.4) is 0 Å². The highest BCUT2D eigenvalue weighted by atomic mass is 16.5. The maximum Gasteiger partial charge on any atom is 0.341 e. The summed E-state index contributed by atoms with van der Waals surface area (Å²) < 4.78 is 36.6. The molecular weight excluding hydrogens is 841 g/mol. The number of aliphatic carboxylic acids is 2. The van der Waals surface area contributed by atoms with Crippen LogP contribution in [0.25, 0.3) is 0 Å². The van der Waals surface area contributed by atoms with E-state index in [1.54, 1.807) is 36.4 Å². The average Bonchev–Trinajstić information content (AvgIpc) is 3.26. The number of carboxylic acid groups (broad SMARTS) is 2. The monoisotopic (exact) mass is 900 g/mol. The van der Waals surface area contributed by atoms with Crippen molar-refractivity contribution in [3.63, 3.8) is 0 Å². The van der Waals surface area contributed by atoms with E-state index in [4.69, 9.17) is 28.4 Å². The summed E-state index contributed by atoms with van der Waals surface area (Å²) in [5, 5.41) is 19.4. The number of ether oxygens (including phenoxy) is 6. The van der Waals surface area contributed by atoms with Crippen LogP contribution in [-0.2, 0) is 9.59 Å². The standard InChI is InChI=1S/C54H60O12/c1-31(2)21-23-61-35-13-9-33(10-14-35)47-41-27-63-37-18-20-40(44(25-37)66-30-46(57)58)52(60)50-48(34-11-15-36(16-12-34)62-24-22-32(3)4)42(54(50,7)8)28-64-38-17-19-39(43(26-38)65-29-45(55)56)51(59)49(47)53(41,5)6/h9-22,25-26,41-42,47-50H,23-24,27-30H2,1-8H3,(H,55,56)(H,57,58). The fourth-order valence-corrected chi connectivity index (χ4v) is 10.0. The van der Waals surface area contributed by atoms with Gasteiger partial charge in [0.05, 0.1) is 24.3 Å². The molecule has 0 saturated heterocycles. The molecule has 2 N–H and O–H groups in total. The van der Waals surface area contributed by atoms with Gasteiger partial charge in [-0.2, -0.15) is 0 Å². The van der Waals surface area contributed by atoms with Crippen molar-refractivity contribution in [2.45, 2.75) is 67.2 Å². The molecule has 14 rings (SSSR count). The number of benzene rings is 4. The summed E-state index contributed by atoms with van der Waals surface area (Å²) in [4.78, 5) is 53.7. The average molecular weight is 901 g/mol. The lowest BCUT2D eigenvalue weighted by Gasteiger charge is -2.58. The van der Waals surface area contributed by atoms with E-state index in [1.807, 2.05) is 116 Å². The third-order valence-electron chi connectivity index (χ3n) is 13.7. The molecule has 4 aromatic rings. The highest BCUT2D eigenvalue weighted by molar-refractivity contribution is 6.03. The maximum atomic E-state index is 15.0. The van der Waals surface area contributed by atoms with Gasteiger partial charge in [0.15, 0.2) is 24.8 Å². The number of allylic oxidation sites excluding steroid dienone is 2. The Morgan fingerprint density at radius 1 is 0.576 bits per heavy atom. The molecule has 4 aromatic carbocycles. The van der Waals surface area contributed by atoms with Gasteiger partial charge in [-0.15, -0.1) is 0 Å². The largest absolute Gasteiger partial charge is 0.493 e.